The minimum atomic E-state index is -4.50. The molecule has 0 saturated heterocycles. The van der Waals surface area contributed by atoms with Crippen LogP contribution in [-0.4, -0.2) is 10.9 Å². The number of aromatic nitrogens is 1. The first-order valence-electron chi connectivity index (χ1n) is 8.25. The molecule has 8 heteroatoms. The maximum absolute atomic E-state index is 13.0. The molecular weight excluding hydrogens is 374 g/mol. The monoisotopic (exact) mass is 389 g/mol. The predicted molar refractivity (Wildman–Crippen MR) is 96.5 cm³/mol. The number of halogens is 4. The Morgan fingerprint density at radius 1 is 0.964 bits per heavy atom. The van der Waals surface area contributed by atoms with Gasteiger partial charge in [-0.15, -0.1) is 0 Å². The van der Waals surface area contributed by atoms with Gasteiger partial charge in [-0.25, -0.2) is 9.37 Å². The first kappa shape index (κ1) is 19.3. The molecule has 0 fully saturated rings. The molecule has 0 aliphatic heterocycles. The van der Waals surface area contributed by atoms with E-state index in [-0.39, 0.29) is 29.4 Å². The van der Waals surface area contributed by atoms with E-state index in [1.807, 2.05) is 0 Å². The summed E-state index contributed by atoms with van der Waals surface area (Å²) in [7, 11) is 0. The van der Waals surface area contributed by atoms with Gasteiger partial charge in [-0.05, 0) is 42.0 Å². The van der Waals surface area contributed by atoms with E-state index >= 15 is 0 Å². The molecule has 2 aromatic carbocycles. The summed E-state index contributed by atoms with van der Waals surface area (Å²) in [5, 5.41) is 5.27. The van der Waals surface area contributed by atoms with Crippen LogP contribution in [0.5, 0.6) is 0 Å². The molecule has 3 rings (SSSR count). The van der Waals surface area contributed by atoms with Crippen molar-refractivity contribution in [2.24, 2.45) is 0 Å². The highest BCUT2D eigenvalue weighted by molar-refractivity contribution is 5.94. The summed E-state index contributed by atoms with van der Waals surface area (Å²) in [6, 6.07) is 13.6. The summed E-state index contributed by atoms with van der Waals surface area (Å²) >= 11 is 0. The molecule has 0 unspecified atom stereocenters. The van der Waals surface area contributed by atoms with E-state index in [1.54, 1.807) is 12.1 Å². The minimum absolute atomic E-state index is 0.129. The molecule has 0 aliphatic rings. The van der Waals surface area contributed by atoms with Gasteiger partial charge in [-0.1, -0.05) is 24.3 Å². The normalized spacial score (nSPS) is 11.1. The maximum Gasteiger partial charge on any atom is 0.418 e. The zero-order valence-electron chi connectivity index (χ0n) is 14.4. The summed E-state index contributed by atoms with van der Waals surface area (Å²) in [6.07, 6.45) is -3.23. The Balaban J connectivity index is 1.65. The Kier molecular flexibility index (Phi) is 5.58. The average molecular weight is 389 g/mol. The Morgan fingerprint density at radius 3 is 2.32 bits per heavy atom. The van der Waals surface area contributed by atoms with Crippen LogP contribution in [0.3, 0.4) is 0 Å². The molecule has 144 valence electrons. The summed E-state index contributed by atoms with van der Waals surface area (Å²) in [6.45, 7) is 0.206. The Morgan fingerprint density at radius 2 is 1.68 bits per heavy atom. The fourth-order valence-electron chi connectivity index (χ4n) is 2.47. The van der Waals surface area contributed by atoms with Crippen LogP contribution in [-0.2, 0) is 12.7 Å². The van der Waals surface area contributed by atoms with Crippen LogP contribution in [0.2, 0.25) is 0 Å². The fraction of sp³-hybridized carbons (Fsp3) is 0.100. The van der Waals surface area contributed by atoms with Crippen LogP contribution in [0.4, 0.5) is 29.1 Å². The van der Waals surface area contributed by atoms with Crippen molar-refractivity contribution in [3.8, 4) is 0 Å². The van der Waals surface area contributed by atoms with Crippen LogP contribution < -0.4 is 10.6 Å². The number of nitrogens with one attached hydrogen (secondary N) is 2. The lowest BCUT2D eigenvalue weighted by Crippen LogP contribution is -2.22. The van der Waals surface area contributed by atoms with Gasteiger partial charge < -0.3 is 10.6 Å². The van der Waals surface area contributed by atoms with Crippen molar-refractivity contribution in [2.45, 2.75) is 12.7 Å². The van der Waals surface area contributed by atoms with E-state index in [4.69, 9.17) is 0 Å². The molecule has 0 spiro atoms. The second-order valence-corrected chi connectivity index (χ2v) is 5.91. The third-order valence-corrected chi connectivity index (χ3v) is 3.89. The quantitative estimate of drug-likeness (QED) is 0.610. The number of hydrogen-bond acceptors (Lipinski definition) is 3. The van der Waals surface area contributed by atoms with E-state index in [2.05, 4.69) is 15.6 Å². The number of carbonyl (C=O) groups excluding carboxylic acids is 1. The smallest absolute Gasteiger partial charge is 0.348 e. The van der Waals surface area contributed by atoms with Gasteiger partial charge in [0.25, 0.3) is 5.91 Å². The largest absolute Gasteiger partial charge is 0.418 e. The summed E-state index contributed by atoms with van der Waals surface area (Å²) < 4.78 is 52.0. The fourth-order valence-corrected chi connectivity index (χ4v) is 2.47. The first-order valence-corrected chi connectivity index (χ1v) is 8.25. The first-order chi connectivity index (χ1) is 13.3. The number of benzene rings is 2. The Bertz CT molecular complexity index is 954. The number of nitrogens with zero attached hydrogens (tertiary/aromatic N) is 1. The lowest BCUT2D eigenvalue weighted by atomic mass is 10.1. The zero-order chi connectivity index (χ0) is 20.1. The van der Waals surface area contributed by atoms with Crippen LogP contribution in [0, 0.1) is 5.82 Å². The number of rotatable bonds is 5. The number of carbonyl (C=O) groups is 1. The van der Waals surface area contributed by atoms with Crippen molar-refractivity contribution in [3.05, 3.63) is 89.4 Å². The molecule has 0 radical (unpaired) electrons. The molecule has 1 heterocycles. The van der Waals surface area contributed by atoms with Crippen LogP contribution in [0.25, 0.3) is 0 Å². The molecule has 1 aromatic heterocycles. The lowest BCUT2D eigenvalue weighted by Gasteiger charge is -2.14. The Hall–Kier alpha value is -3.42. The third-order valence-electron chi connectivity index (χ3n) is 3.89. The van der Waals surface area contributed by atoms with E-state index in [9.17, 15) is 22.4 Å². The molecule has 0 bridgehead atoms. The molecule has 0 saturated carbocycles. The molecule has 0 atom stereocenters. The second kappa shape index (κ2) is 8.08. The number of anilines is 2. The molecule has 28 heavy (non-hydrogen) atoms. The van der Waals surface area contributed by atoms with Crippen molar-refractivity contribution < 1.29 is 22.4 Å². The van der Waals surface area contributed by atoms with Crippen LogP contribution >= 0.6 is 0 Å². The molecule has 1 amide bonds. The number of amides is 1. The zero-order valence-corrected chi connectivity index (χ0v) is 14.4. The molecule has 3 aromatic rings. The van der Waals surface area contributed by atoms with Crippen molar-refractivity contribution in [2.75, 3.05) is 5.32 Å². The van der Waals surface area contributed by atoms with Crippen molar-refractivity contribution in [1.29, 1.82) is 0 Å². The van der Waals surface area contributed by atoms with Crippen molar-refractivity contribution >= 4 is 17.4 Å². The van der Waals surface area contributed by atoms with Gasteiger partial charge in [0.05, 0.1) is 16.8 Å². The van der Waals surface area contributed by atoms with Gasteiger partial charge in [0.2, 0.25) is 0 Å². The van der Waals surface area contributed by atoms with Gasteiger partial charge >= 0.3 is 6.18 Å². The minimum Gasteiger partial charge on any atom is -0.348 e. The van der Waals surface area contributed by atoms with Crippen LogP contribution in [0.15, 0.2) is 66.9 Å². The highest BCUT2D eigenvalue weighted by Gasteiger charge is 2.33. The van der Waals surface area contributed by atoms with Gasteiger partial charge in [0.1, 0.15) is 11.6 Å². The van der Waals surface area contributed by atoms with E-state index in [1.165, 1.54) is 48.7 Å². The van der Waals surface area contributed by atoms with E-state index in [0.717, 1.165) is 11.6 Å². The maximum atomic E-state index is 13.0. The number of alkyl halides is 3. The highest BCUT2D eigenvalue weighted by Crippen LogP contribution is 2.35. The third kappa shape index (κ3) is 4.85. The van der Waals surface area contributed by atoms with Gasteiger partial charge in [-0.2, -0.15) is 13.2 Å². The summed E-state index contributed by atoms with van der Waals surface area (Å²) in [5.41, 5.74) is 0.0375. The summed E-state index contributed by atoms with van der Waals surface area (Å²) in [4.78, 5) is 16.1. The highest BCUT2D eigenvalue weighted by atomic mass is 19.4. The topological polar surface area (TPSA) is 54.0 Å². The predicted octanol–water partition coefficient (Wildman–Crippen LogP) is 4.91. The summed E-state index contributed by atoms with van der Waals surface area (Å²) in [5.74, 6) is -0.597. The number of pyridine rings is 1. The lowest BCUT2D eigenvalue weighted by molar-refractivity contribution is -0.136. The Labute approximate surface area is 158 Å². The van der Waals surface area contributed by atoms with Crippen molar-refractivity contribution in [1.82, 2.24) is 10.3 Å². The van der Waals surface area contributed by atoms with E-state index < -0.39 is 17.6 Å². The van der Waals surface area contributed by atoms with Gasteiger partial charge in [0.15, 0.2) is 0 Å². The second-order valence-electron chi connectivity index (χ2n) is 5.91. The molecular formula is C20H15F4N3O. The molecule has 4 nitrogen and oxygen atoms in total. The number of para-hydroxylation sites is 1. The van der Waals surface area contributed by atoms with Gasteiger partial charge in [0, 0.05) is 12.7 Å². The average Bonchev–Trinajstić information content (AvgIpc) is 2.67. The SMILES string of the molecule is O=C(NCc1ccc(F)cc1)c1ccc(Nc2ccccc2C(F)(F)F)nc1. The standard InChI is InChI=1S/C20H15F4N3O/c21-15-8-5-13(6-9-15)11-26-19(28)14-7-10-18(25-12-14)27-17-4-2-1-3-16(17)20(22,23)24/h1-10,12H,11H2,(H,25,27)(H,26,28). The number of hydrogen-bond donors (Lipinski definition) is 2. The molecule has 2 N–H and O–H groups in total. The van der Waals surface area contributed by atoms with Gasteiger partial charge in [-0.3, -0.25) is 4.79 Å². The molecule has 0 aliphatic carbocycles. The van der Waals surface area contributed by atoms with Crippen LogP contribution in [0.1, 0.15) is 21.5 Å². The van der Waals surface area contributed by atoms with E-state index in [0.29, 0.717) is 0 Å². The van der Waals surface area contributed by atoms with Crippen molar-refractivity contribution in [3.63, 3.8) is 0 Å².